The molecule has 70 valence electrons. The Balaban J connectivity index is 2.54. The number of alkyl halides is 1. The molecule has 0 aliphatic rings. The van der Waals surface area contributed by atoms with E-state index in [0.717, 1.165) is 5.56 Å². The lowest BCUT2D eigenvalue weighted by molar-refractivity contribution is 0.476. The first-order valence-electron chi connectivity index (χ1n) is 3.69. The van der Waals surface area contributed by atoms with Crippen LogP contribution in [0.1, 0.15) is 11.3 Å². The summed E-state index contributed by atoms with van der Waals surface area (Å²) < 4.78 is 12.0. The van der Waals surface area contributed by atoms with E-state index in [4.69, 9.17) is 11.1 Å². The van der Waals surface area contributed by atoms with Gasteiger partial charge in [0.25, 0.3) is 0 Å². The van der Waals surface area contributed by atoms with Crippen LogP contribution in [0.25, 0.3) is 0 Å². The zero-order valence-corrected chi connectivity index (χ0v) is 7.77. The van der Waals surface area contributed by atoms with Crippen molar-refractivity contribution in [2.45, 2.75) is 12.4 Å². The van der Waals surface area contributed by atoms with Crippen molar-refractivity contribution in [1.82, 2.24) is 4.98 Å². The number of amidine groups is 1. The van der Waals surface area contributed by atoms with Crippen molar-refractivity contribution in [1.29, 1.82) is 5.41 Å². The molecule has 0 fully saturated rings. The lowest BCUT2D eigenvalue weighted by Crippen LogP contribution is -2.03. The predicted octanol–water partition coefficient (Wildman–Crippen LogP) is 1.68. The highest BCUT2D eigenvalue weighted by Gasteiger charge is 1.97. The molecule has 0 amide bonds. The summed E-state index contributed by atoms with van der Waals surface area (Å²) in [6.07, 6.45) is 1.60. The Bertz CT molecular complexity index is 286. The van der Waals surface area contributed by atoms with E-state index in [2.05, 4.69) is 4.98 Å². The van der Waals surface area contributed by atoms with Crippen molar-refractivity contribution in [3.05, 3.63) is 29.6 Å². The first-order valence-corrected chi connectivity index (χ1v) is 4.67. The van der Waals surface area contributed by atoms with Crippen molar-refractivity contribution in [2.75, 3.05) is 0 Å². The van der Waals surface area contributed by atoms with Gasteiger partial charge in [0.1, 0.15) is 6.67 Å². The third kappa shape index (κ3) is 3.42. The predicted molar refractivity (Wildman–Crippen MR) is 52.3 cm³/mol. The Labute approximate surface area is 80.1 Å². The second kappa shape index (κ2) is 4.81. The molecular formula is C8H10FN3S. The van der Waals surface area contributed by atoms with E-state index >= 15 is 0 Å². The minimum atomic E-state index is -0.542. The number of halogens is 1. The lowest BCUT2D eigenvalue weighted by atomic mass is 10.3. The van der Waals surface area contributed by atoms with Crippen LogP contribution < -0.4 is 5.73 Å². The minimum Gasteiger partial charge on any atom is -0.379 e. The van der Waals surface area contributed by atoms with Gasteiger partial charge in [0.05, 0.1) is 5.69 Å². The largest absolute Gasteiger partial charge is 0.379 e. The smallest absolute Gasteiger partial charge is 0.151 e. The van der Waals surface area contributed by atoms with Crippen LogP contribution in [0.3, 0.4) is 0 Å². The SMILES string of the molecule is N=C(N)SCc1ccc(CF)nc1. The summed E-state index contributed by atoms with van der Waals surface area (Å²) in [4.78, 5) is 3.88. The van der Waals surface area contributed by atoms with Crippen molar-refractivity contribution >= 4 is 16.9 Å². The molecule has 0 spiro atoms. The number of nitrogens with zero attached hydrogens (tertiary/aromatic N) is 1. The average Bonchev–Trinajstić information content (AvgIpc) is 2.15. The summed E-state index contributed by atoms with van der Waals surface area (Å²) in [5.74, 6) is 0.606. The highest BCUT2D eigenvalue weighted by molar-refractivity contribution is 8.13. The van der Waals surface area contributed by atoms with Gasteiger partial charge in [-0.3, -0.25) is 10.4 Å². The molecule has 0 atom stereocenters. The molecule has 0 aromatic carbocycles. The van der Waals surface area contributed by atoms with E-state index in [1.807, 2.05) is 0 Å². The summed E-state index contributed by atoms with van der Waals surface area (Å²) in [6.45, 7) is -0.542. The molecule has 0 aliphatic heterocycles. The van der Waals surface area contributed by atoms with E-state index in [9.17, 15) is 4.39 Å². The Kier molecular flexibility index (Phi) is 3.70. The van der Waals surface area contributed by atoms with Crippen LogP contribution in [0.4, 0.5) is 4.39 Å². The molecule has 5 heteroatoms. The van der Waals surface area contributed by atoms with Crippen LogP contribution in [0.2, 0.25) is 0 Å². The summed E-state index contributed by atoms with van der Waals surface area (Å²) in [5.41, 5.74) is 6.53. The summed E-state index contributed by atoms with van der Waals surface area (Å²) in [6, 6.07) is 3.42. The van der Waals surface area contributed by atoms with E-state index in [0.29, 0.717) is 11.4 Å². The second-order valence-electron chi connectivity index (χ2n) is 2.44. The van der Waals surface area contributed by atoms with E-state index in [1.165, 1.54) is 11.8 Å². The molecule has 0 bridgehead atoms. The summed E-state index contributed by atoms with van der Waals surface area (Å²) >= 11 is 1.23. The van der Waals surface area contributed by atoms with Crippen LogP contribution in [0, 0.1) is 5.41 Å². The number of hydrogen-bond acceptors (Lipinski definition) is 3. The molecule has 3 N–H and O–H groups in total. The molecule has 1 rings (SSSR count). The normalized spacial score (nSPS) is 9.92. The first-order chi connectivity index (χ1) is 6.22. The average molecular weight is 199 g/mol. The number of pyridine rings is 1. The van der Waals surface area contributed by atoms with Crippen molar-refractivity contribution in [3.63, 3.8) is 0 Å². The molecular weight excluding hydrogens is 189 g/mol. The van der Waals surface area contributed by atoms with Crippen LogP contribution in [-0.4, -0.2) is 10.2 Å². The van der Waals surface area contributed by atoms with Crippen LogP contribution in [0.5, 0.6) is 0 Å². The zero-order chi connectivity index (χ0) is 9.68. The lowest BCUT2D eigenvalue weighted by Gasteiger charge is -1.99. The van der Waals surface area contributed by atoms with Crippen molar-refractivity contribution in [3.8, 4) is 0 Å². The van der Waals surface area contributed by atoms with Gasteiger partial charge >= 0.3 is 0 Å². The van der Waals surface area contributed by atoms with E-state index in [1.54, 1.807) is 18.3 Å². The number of thioether (sulfide) groups is 1. The number of hydrogen-bond donors (Lipinski definition) is 2. The summed E-state index contributed by atoms with van der Waals surface area (Å²) in [7, 11) is 0. The van der Waals surface area contributed by atoms with Gasteiger partial charge < -0.3 is 5.73 Å². The van der Waals surface area contributed by atoms with Gasteiger partial charge in [-0.05, 0) is 11.6 Å². The van der Waals surface area contributed by atoms with Crippen molar-refractivity contribution in [2.24, 2.45) is 5.73 Å². The Morgan fingerprint density at radius 2 is 2.38 bits per heavy atom. The quantitative estimate of drug-likeness (QED) is 0.575. The van der Waals surface area contributed by atoms with Gasteiger partial charge in [0.2, 0.25) is 0 Å². The van der Waals surface area contributed by atoms with Gasteiger partial charge in [0, 0.05) is 11.9 Å². The Morgan fingerprint density at radius 3 is 2.85 bits per heavy atom. The van der Waals surface area contributed by atoms with Crippen LogP contribution in [0.15, 0.2) is 18.3 Å². The van der Waals surface area contributed by atoms with Gasteiger partial charge in [-0.2, -0.15) is 0 Å². The Morgan fingerprint density at radius 1 is 1.62 bits per heavy atom. The topological polar surface area (TPSA) is 62.8 Å². The van der Waals surface area contributed by atoms with Crippen molar-refractivity contribution < 1.29 is 4.39 Å². The second-order valence-corrected chi connectivity index (χ2v) is 3.46. The third-order valence-electron chi connectivity index (χ3n) is 1.42. The molecule has 1 heterocycles. The third-order valence-corrected chi connectivity index (χ3v) is 2.21. The van der Waals surface area contributed by atoms with E-state index in [-0.39, 0.29) is 5.17 Å². The molecule has 0 saturated heterocycles. The van der Waals surface area contributed by atoms with Gasteiger partial charge in [-0.15, -0.1) is 0 Å². The van der Waals surface area contributed by atoms with Gasteiger partial charge in [0.15, 0.2) is 5.17 Å². The zero-order valence-electron chi connectivity index (χ0n) is 6.96. The highest BCUT2D eigenvalue weighted by atomic mass is 32.2. The molecule has 0 aliphatic carbocycles. The number of nitrogens with two attached hydrogens (primary N) is 1. The van der Waals surface area contributed by atoms with Crippen LogP contribution >= 0.6 is 11.8 Å². The monoisotopic (exact) mass is 199 g/mol. The Hall–Kier alpha value is -1.10. The number of nitrogens with one attached hydrogen (secondary N) is 1. The van der Waals surface area contributed by atoms with Gasteiger partial charge in [-0.1, -0.05) is 17.8 Å². The maximum Gasteiger partial charge on any atom is 0.151 e. The standard InChI is InChI=1S/C8H10FN3S/c9-3-7-2-1-6(4-12-7)5-13-8(10)11/h1-2,4H,3,5H2,(H3,10,11). The summed E-state index contributed by atoms with van der Waals surface area (Å²) in [5, 5.41) is 7.06. The number of rotatable bonds is 3. The molecule has 3 nitrogen and oxygen atoms in total. The molecule has 13 heavy (non-hydrogen) atoms. The fourth-order valence-electron chi connectivity index (χ4n) is 0.781. The molecule has 0 unspecified atom stereocenters. The maximum absolute atomic E-state index is 12.0. The van der Waals surface area contributed by atoms with Gasteiger partial charge in [-0.25, -0.2) is 4.39 Å². The fraction of sp³-hybridized carbons (Fsp3) is 0.250. The first kappa shape index (κ1) is 9.98. The fourth-order valence-corrected chi connectivity index (χ4v) is 1.27. The van der Waals surface area contributed by atoms with E-state index < -0.39 is 6.67 Å². The molecule has 0 radical (unpaired) electrons. The minimum absolute atomic E-state index is 0.0783. The number of aromatic nitrogens is 1. The highest BCUT2D eigenvalue weighted by Crippen LogP contribution is 2.10. The maximum atomic E-state index is 12.0. The molecule has 1 aromatic heterocycles. The molecule has 1 aromatic rings. The van der Waals surface area contributed by atoms with Crippen LogP contribution in [-0.2, 0) is 12.4 Å². The molecule has 0 saturated carbocycles.